The summed E-state index contributed by atoms with van der Waals surface area (Å²) in [6.07, 6.45) is 1.70. The van der Waals surface area contributed by atoms with Gasteiger partial charge in [0.05, 0.1) is 17.7 Å². The fourth-order valence-electron chi connectivity index (χ4n) is 2.55. The zero-order valence-corrected chi connectivity index (χ0v) is 14.1. The summed E-state index contributed by atoms with van der Waals surface area (Å²) in [6.45, 7) is 0.175. The first kappa shape index (κ1) is 17.7. The van der Waals surface area contributed by atoms with Crippen LogP contribution in [0.2, 0.25) is 5.02 Å². The van der Waals surface area contributed by atoms with Gasteiger partial charge in [-0.25, -0.2) is 13.2 Å². The third kappa shape index (κ3) is 3.49. The number of hydrogen-bond donors (Lipinski definition) is 1. The van der Waals surface area contributed by atoms with Crippen molar-refractivity contribution in [1.29, 1.82) is 0 Å². The maximum Gasteiger partial charge on any atom is 0.337 e. The smallest absolute Gasteiger partial charge is 0.337 e. The van der Waals surface area contributed by atoms with Crippen molar-refractivity contribution in [1.82, 2.24) is 4.31 Å². The first-order chi connectivity index (χ1) is 10.8. The van der Waals surface area contributed by atoms with Gasteiger partial charge >= 0.3 is 5.97 Å². The highest BCUT2D eigenvalue weighted by Gasteiger charge is 2.37. The number of hydrogen-bond acceptors (Lipinski definition) is 5. The van der Waals surface area contributed by atoms with Crippen LogP contribution >= 0.6 is 11.6 Å². The van der Waals surface area contributed by atoms with Crippen LogP contribution in [0.4, 0.5) is 0 Å². The van der Waals surface area contributed by atoms with Crippen LogP contribution in [-0.2, 0) is 19.6 Å². The van der Waals surface area contributed by atoms with Crippen molar-refractivity contribution in [3.05, 3.63) is 28.8 Å². The average Bonchev–Trinajstić information content (AvgIpc) is 2.54. The Labute approximate surface area is 139 Å². The molecule has 0 unspecified atom stereocenters. The van der Waals surface area contributed by atoms with Crippen LogP contribution in [0.5, 0.6) is 0 Å². The van der Waals surface area contributed by atoms with Crippen LogP contribution in [0, 0.1) is 0 Å². The molecule has 2 rings (SSSR count). The molecule has 1 saturated heterocycles. The van der Waals surface area contributed by atoms with Crippen molar-refractivity contribution in [3.8, 4) is 0 Å². The van der Waals surface area contributed by atoms with Gasteiger partial charge in [0.25, 0.3) is 0 Å². The fraction of sp³-hybridized carbons (Fsp3) is 0.429. The molecule has 0 aliphatic carbocycles. The molecule has 1 aliphatic heterocycles. The number of sulfonamides is 1. The Bertz CT molecular complexity index is 735. The number of benzene rings is 1. The zero-order chi connectivity index (χ0) is 17.2. The number of primary amides is 1. The Morgan fingerprint density at radius 2 is 2.04 bits per heavy atom. The summed E-state index contributed by atoms with van der Waals surface area (Å²) in [5, 5.41) is -0.0357. The summed E-state index contributed by atoms with van der Waals surface area (Å²) in [4.78, 5) is 22.9. The molecule has 0 radical (unpaired) electrons. The number of methoxy groups -OCH3 is 1. The maximum atomic E-state index is 12.9. The summed E-state index contributed by atoms with van der Waals surface area (Å²) in [6, 6.07) is 2.92. The number of halogens is 1. The van der Waals surface area contributed by atoms with E-state index < -0.39 is 27.9 Å². The quantitative estimate of drug-likeness (QED) is 0.810. The Morgan fingerprint density at radius 3 is 2.65 bits per heavy atom. The molecule has 1 aromatic carbocycles. The highest BCUT2D eigenvalue weighted by atomic mass is 35.5. The van der Waals surface area contributed by atoms with E-state index in [4.69, 9.17) is 17.3 Å². The minimum atomic E-state index is -4.06. The number of nitrogens with two attached hydrogens (primary N) is 1. The van der Waals surface area contributed by atoms with Gasteiger partial charge in [-0.1, -0.05) is 18.0 Å². The number of rotatable bonds is 4. The Hall–Kier alpha value is -1.64. The molecule has 23 heavy (non-hydrogen) atoms. The molecule has 1 aliphatic rings. The van der Waals surface area contributed by atoms with Gasteiger partial charge in [-0.05, 0) is 31.0 Å². The van der Waals surface area contributed by atoms with Crippen LogP contribution in [0.3, 0.4) is 0 Å². The lowest BCUT2D eigenvalue weighted by atomic mass is 10.0. The maximum absolute atomic E-state index is 12.9. The predicted molar refractivity (Wildman–Crippen MR) is 83.5 cm³/mol. The van der Waals surface area contributed by atoms with Crippen molar-refractivity contribution in [2.75, 3.05) is 13.7 Å². The van der Waals surface area contributed by atoms with Gasteiger partial charge in [0.2, 0.25) is 15.9 Å². The lowest BCUT2D eigenvalue weighted by Gasteiger charge is -2.32. The third-order valence-corrected chi connectivity index (χ3v) is 6.11. The van der Waals surface area contributed by atoms with Crippen LogP contribution in [-0.4, -0.2) is 44.3 Å². The fourth-order valence-corrected chi connectivity index (χ4v) is 4.72. The van der Waals surface area contributed by atoms with E-state index in [1.165, 1.54) is 19.2 Å². The molecule has 0 spiro atoms. The van der Waals surface area contributed by atoms with Gasteiger partial charge in [-0.15, -0.1) is 0 Å². The molecular weight excluding hydrogens is 344 g/mol. The number of piperidine rings is 1. The minimum Gasteiger partial charge on any atom is -0.465 e. The van der Waals surface area contributed by atoms with Crippen LogP contribution in [0.25, 0.3) is 0 Å². The molecule has 0 bridgehead atoms. The second kappa shape index (κ2) is 6.86. The van der Waals surface area contributed by atoms with E-state index in [-0.39, 0.29) is 22.0 Å². The van der Waals surface area contributed by atoms with Crippen molar-refractivity contribution >= 4 is 33.5 Å². The van der Waals surface area contributed by atoms with E-state index in [2.05, 4.69) is 4.74 Å². The van der Waals surface area contributed by atoms with Gasteiger partial charge in [0.1, 0.15) is 10.9 Å². The van der Waals surface area contributed by atoms with E-state index in [0.29, 0.717) is 12.8 Å². The van der Waals surface area contributed by atoms with Gasteiger partial charge in [0, 0.05) is 6.54 Å². The average molecular weight is 361 g/mol. The summed E-state index contributed by atoms with van der Waals surface area (Å²) in [5.41, 5.74) is 5.38. The SMILES string of the molecule is COC(=O)c1ccc(Cl)c(S(=O)(=O)N2CCCC[C@H]2C(N)=O)c1. The van der Waals surface area contributed by atoms with Gasteiger partial charge < -0.3 is 10.5 Å². The monoisotopic (exact) mass is 360 g/mol. The van der Waals surface area contributed by atoms with E-state index in [0.717, 1.165) is 16.8 Å². The molecule has 126 valence electrons. The van der Waals surface area contributed by atoms with E-state index in [1.54, 1.807) is 0 Å². The van der Waals surface area contributed by atoms with Crippen LogP contribution in [0.15, 0.2) is 23.1 Å². The first-order valence-electron chi connectivity index (χ1n) is 6.98. The van der Waals surface area contributed by atoms with Crippen molar-refractivity contribution in [2.45, 2.75) is 30.2 Å². The highest BCUT2D eigenvalue weighted by molar-refractivity contribution is 7.89. The van der Waals surface area contributed by atoms with Crippen molar-refractivity contribution < 1.29 is 22.7 Å². The Balaban J connectivity index is 2.50. The molecule has 2 N–H and O–H groups in total. The number of carbonyl (C=O) groups is 2. The molecule has 1 amide bonds. The van der Waals surface area contributed by atoms with Crippen molar-refractivity contribution in [2.24, 2.45) is 5.73 Å². The highest BCUT2D eigenvalue weighted by Crippen LogP contribution is 2.30. The number of carbonyl (C=O) groups excluding carboxylic acids is 2. The number of nitrogens with zero attached hydrogens (tertiary/aromatic N) is 1. The molecular formula is C14H17ClN2O5S. The summed E-state index contributed by atoms with van der Waals surface area (Å²) < 4.78 is 31.4. The van der Waals surface area contributed by atoms with E-state index in [9.17, 15) is 18.0 Å². The third-order valence-electron chi connectivity index (χ3n) is 3.72. The molecule has 1 fully saturated rings. The standard InChI is InChI=1S/C14H17ClN2O5S/c1-22-14(19)9-5-6-10(15)12(8-9)23(20,21)17-7-3-2-4-11(17)13(16)18/h5-6,8,11H,2-4,7H2,1H3,(H2,16,18)/t11-/m0/s1. The molecule has 0 aromatic heterocycles. The van der Waals surface area contributed by atoms with E-state index >= 15 is 0 Å². The Morgan fingerprint density at radius 1 is 1.35 bits per heavy atom. The zero-order valence-electron chi connectivity index (χ0n) is 12.5. The van der Waals surface area contributed by atoms with Gasteiger partial charge in [0.15, 0.2) is 0 Å². The molecule has 1 atom stereocenters. The largest absolute Gasteiger partial charge is 0.465 e. The summed E-state index contributed by atoms with van der Waals surface area (Å²) in [5.74, 6) is -1.38. The summed E-state index contributed by atoms with van der Waals surface area (Å²) in [7, 11) is -2.87. The molecule has 9 heteroatoms. The summed E-state index contributed by atoms with van der Waals surface area (Å²) >= 11 is 6.00. The normalized spacial score (nSPS) is 19.3. The van der Waals surface area contributed by atoms with E-state index in [1.807, 2.05) is 0 Å². The molecule has 0 saturated carbocycles. The minimum absolute atomic E-state index is 0.0357. The number of esters is 1. The second-order valence-electron chi connectivity index (χ2n) is 5.17. The Kier molecular flexibility index (Phi) is 5.28. The topological polar surface area (TPSA) is 107 Å². The predicted octanol–water partition coefficient (Wildman–Crippen LogP) is 1.16. The lowest BCUT2D eigenvalue weighted by Crippen LogP contribution is -2.50. The van der Waals surface area contributed by atoms with Crippen LogP contribution in [0.1, 0.15) is 29.6 Å². The van der Waals surface area contributed by atoms with Crippen LogP contribution < -0.4 is 5.73 Å². The lowest BCUT2D eigenvalue weighted by molar-refractivity contribution is -0.122. The van der Waals surface area contributed by atoms with Gasteiger partial charge in [-0.2, -0.15) is 4.31 Å². The molecule has 1 heterocycles. The molecule has 7 nitrogen and oxygen atoms in total. The number of ether oxygens (including phenoxy) is 1. The first-order valence-corrected chi connectivity index (χ1v) is 8.80. The second-order valence-corrected chi connectivity index (χ2v) is 7.43. The van der Waals surface area contributed by atoms with Gasteiger partial charge in [-0.3, -0.25) is 4.79 Å². The van der Waals surface area contributed by atoms with Crippen molar-refractivity contribution in [3.63, 3.8) is 0 Å². The number of amides is 1. The molecule has 1 aromatic rings.